The van der Waals surface area contributed by atoms with Gasteiger partial charge in [0.2, 0.25) is 0 Å². The molecular weight excluding hydrogens is 588 g/mol. The van der Waals surface area contributed by atoms with Crippen LogP contribution in [0.3, 0.4) is 0 Å². The highest BCUT2D eigenvalue weighted by atomic mass is 32.1. The monoisotopic (exact) mass is 612 g/mol. The molecular formula is C31H24N4O6S2. The molecule has 6 rings (SSSR count). The molecule has 1 saturated heterocycles. The van der Waals surface area contributed by atoms with Crippen LogP contribution in [-0.2, 0) is 32.0 Å². The maximum absolute atomic E-state index is 13.6. The first-order valence-electron chi connectivity index (χ1n) is 13.2. The summed E-state index contributed by atoms with van der Waals surface area (Å²) in [5.74, 6) is -1.63. The molecule has 1 N–H and O–H groups in total. The second-order valence-electron chi connectivity index (χ2n) is 9.63. The fourth-order valence-electron chi connectivity index (χ4n) is 4.48. The molecule has 1 aliphatic heterocycles. The van der Waals surface area contributed by atoms with E-state index in [4.69, 9.17) is 4.74 Å². The van der Waals surface area contributed by atoms with Crippen molar-refractivity contribution < 1.29 is 28.7 Å². The number of fused-ring (bicyclic) bond motifs is 1. The molecule has 3 aromatic carbocycles. The molecule has 2 atom stereocenters. The lowest BCUT2D eigenvalue weighted by Crippen LogP contribution is -2.36. The SMILES string of the molecule is COC(=O)c1csc(NC(=O)[C@H]2O[C@@H]2C(=O)N(Cc2ccccc2)c2ccc(C(=O)Cc3nc4ccccc4s3)cc2)n1. The number of hydrogen-bond donors (Lipinski definition) is 1. The first-order valence-corrected chi connectivity index (χ1v) is 14.9. The minimum Gasteiger partial charge on any atom is -0.464 e. The molecule has 2 amide bonds. The molecule has 43 heavy (non-hydrogen) atoms. The summed E-state index contributed by atoms with van der Waals surface area (Å²) in [5.41, 5.74) is 2.88. The minimum absolute atomic E-state index is 0.0724. The third-order valence-corrected chi connectivity index (χ3v) is 8.52. The predicted octanol–water partition coefficient (Wildman–Crippen LogP) is 4.90. The Morgan fingerprint density at radius 2 is 1.67 bits per heavy atom. The minimum atomic E-state index is -1.01. The van der Waals surface area contributed by atoms with Crippen LogP contribution in [0.2, 0.25) is 0 Å². The van der Waals surface area contributed by atoms with Crippen LogP contribution in [0, 0.1) is 0 Å². The van der Waals surface area contributed by atoms with Crippen molar-refractivity contribution >= 4 is 67.3 Å². The van der Waals surface area contributed by atoms with Gasteiger partial charge < -0.3 is 14.4 Å². The fraction of sp³-hybridized carbons (Fsp3) is 0.161. The third kappa shape index (κ3) is 6.36. The number of aromatic nitrogens is 2. The summed E-state index contributed by atoms with van der Waals surface area (Å²) in [6.07, 6.45) is -1.83. The third-order valence-electron chi connectivity index (χ3n) is 6.72. The van der Waals surface area contributed by atoms with Crippen molar-refractivity contribution in [3.63, 3.8) is 0 Å². The number of para-hydroxylation sites is 1. The van der Waals surface area contributed by atoms with E-state index in [1.165, 1.54) is 28.7 Å². The first kappa shape index (κ1) is 28.3. The van der Waals surface area contributed by atoms with Gasteiger partial charge in [-0.3, -0.25) is 19.7 Å². The summed E-state index contributed by atoms with van der Waals surface area (Å²) in [6, 6.07) is 24.0. The molecule has 216 valence electrons. The molecule has 3 heterocycles. The number of nitrogens with zero attached hydrogens (tertiary/aromatic N) is 3. The molecule has 0 aliphatic carbocycles. The van der Waals surface area contributed by atoms with E-state index in [2.05, 4.69) is 20.0 Å². The van der Waals surface area contributed by atoms with Gasteiger partial charge in [-0.15, -0.1) is 22.7 Å². The molecule has 0 spiro atoms. The van der Waals surface area contributed by atoms with Crippen molar-refractivity contribution in [2.24, 2.45) is 0 Å². The van der Waals surface area contributed by atoms with E-state index in [1.807, 2.05) is 54.6 Å². The average Bonchev–Trinajstić information content (AvgIpc) is 3.53. The highest BCUT2D eigenvalue weighted by Gasteiger charge is 2.52. The van der Waals surface area contributed by atoms with Crippen LogP contribution in [0.1, 0.15) is 31.4 Å². The predicted molar refractivity (Wildman–Crippen MR) is 162 cm³/mol. The average molecular weight is 613 g/mol. The number of benzene rings is 3. The lowest BCUT2D eigenvalue weighted by Gasteiger charge is -2.22. The van der Waals surface area contributed by atoms with Crippen LogP contribution >= 0.6 is 22.7 Å². The summed E-state index contributed by atoms with van der Waals surface area (Å²) in [5, 5.41) is 4.99. The summed E-state index contributed by atoms with van der Waals surface area (Å²) in [6.45, 7) is 0.238. The molecule has 12 heteroatoms. The number of epoxide rings is 1. The maximum atomic E-state index is 13.6. The zero-order valence-corrected chi connectivity index (χ0v) is 24.4. The number of carbonyl (C=O) groups is 4. The Balaban J connectivity index is 1.15. The van der Waals surface area contributed by atoms with Gasteiger partial charge in [-0.1, -0.05) is 42.5 Å². The number of rotatable bonds is 10. The number of Topliss-reactive ketones (excluding diaryl/α,β-unsaturated/α-hetero) is 1. The van der Waals surface area contributed by atoms with Crippen LogP contribution in [0.5, 0.6) is 0 Å². The first-order chi connectivity index (χ1) is 20.9. The molecule has 0 saturated carbocycles. The summed E-state index contributed by atoms with van der Waals surface area (Å²) in [7, 11) is 1.24. The largest absolute Gasteiger partial charge is 0.464 e. The number of methoxy groups -OCH3 is 1. The number of hydrogen-bond acceptors (Lipinski definition) is 10. The highest BCUT2D eigenvalue weighted by molar-refractivity contribution is 7.18. The zero-order chi connectivity index (χ0) is 29.9. The Labute approximate surface area is 253 Å². The standard InChI is InChI=1S/C31H24N4O6S2/c1-40-30(39)22-17-42-31(33-22)34-28(37)26-27(41-26)29(38)35(16-18-7-3-2-4-8-18)20-13-11-19(12-14-20)23(36)15-25-32-21-9-5-6-10-24(21)43-25/h2-14,17,26-27H,15-16H2,1H3,(H,33,34,37)/t26-,27-/m0/s1. The van der Waals surface area contributed by atoms with Crippen molar-refractivity contribution in [1.29, 1.82) is 0 Å². The molecule has 1 aliphatic rings. The molecule has 0 unspecified atom stereocenters. The van der Waals surface area contributed by atoms with E-state index in [0.29, 0.717) is 11.3 Å². The Kier molecular flexibility index (Phi) is 8.05. The van der Waals surface area contributed by atoms with Gasteiger partial charge in [0.05, 0.1) is 30.3 Å². The van der Waals surface area contributed by atoms with Crippen molar-refractivity contribution in [1.82, 2.24) is 9.97 Å². The lowest BCUT2D eigenvalue weighted by molar-refractivity contribution is -0.120. The van der Waals surface area contributed by atoms with Crippen LogP contribution in [0.15, 0.2) is 84.2 Å². The second-order valence-corrected chi connectivity index (χ2v) is 11.6. The van der Waals surface area contributed by atoms with Crippen molar-refractivity contribution in [3.05, 3.63) is 106 Å². The number of nitrogens with one attached hydrogen (secondary N) is 1. The molecule has 1 fully saturated rings. The summed E-state index contributed by atoms with van der Waals surface area (Å²) in [4.78, 5) is 61.2. The number of esters is 1. The van der Waals surface area contributed by atoms with Gasteiger partial charge in [-0.25, -0.2) is 14.8 Å². The van der Waals surface area contributed by atoms with Gasteiger partial charge in [0, 0.05) is 16.6 Å². The zero-order valence-electron chi connectivity index (χ0n) is 22.8. The van der Waals surface area contributed by atoms with Gasteiger partial charge in [0.15, 0.2) is 28.8 Å². The van der Waals surface area contributed by atoms with Crippen molar-refractivity contribution in [3.8, 4) is 0 Å². The van der Waals surface area contributed by atoms with E-state index in [9.17, 15) is 19.2 Å². The number of ether oxygens (including phenoxy) is 2. The molecule has 0 radical (unpaired) electrons. The normalized spacial score (nSPS) is 15.6. The quantitative estimate of drug-likeness (QED) is 0.134. The number of amides is 2. The van der Waals surface area contributed by atoms with Gasteiger partial charge >= 0.3 is 5.97 Å². The van der Waals surface area contributed by atoms with E-state index in [-0.39, 0.29) is 29.6 Å². The number of anilines is 2. The summed E-state index contributed by atoms with van der Waals surface area (Å²) >= 11 is 2.56. The fourth-order valence-corrected chi connectivity index (χ4v) is 6.13. The Morgan fingerprint density at radius 3 is 2.42 bits per heavy atom. The van der Waals surface area contributed by atoms with Crippen LogP contribution in [0.4, 0.5) is 10.8 Å². The van der Waals surface area contributed by atoms with E-state index < -0.39 is 30.0 Å². The van der Waals surface area contributed by atoms with Gasteiger partial charge in [-0.2, -0.15) is 0 Å². The number of ketones is 1. The van der Waals surface area contributed by atoms with Crippen molar-refractivity contribution in [2.75, 3.05) is 17.3 Å². The van der Waals surface area contributed by atoms with Crippen LogP contribution < -0.4 is 10.2 Å². The molecule has 2 aromatic heterocycles. The second kappa shape index (κ2) is 12.2. The maximum Gasteiger partial charge on any atom is 0.357 e. The number of thiazole rings is 2. The Bertz CT molecular complexity index is 1790. The molecule has 0 bridgehead atoms. The topological polar surface area (TPSA) is 131 Å². The van der Waals surface area contributed by atoms with Crippen molar-refractivity contribution in [2.45, 2.75) is 25.2 Å². The van der Waals surface area contributed by atoms with Crippen LogP contribution in [0.25, 0.3) is 10.2 Å². The highest BCUT2D eigenvalue weighted by Crippen LogP contribution is 2.30. The van der Waals surface area contributed by atoms with E-state index in [0.717, 1.165) is 32.1 Å². The van der Waals surface area contributed by atoms with Gasteiger partial charge in [0.25, 0.3) is 11.8 Å². The Morgan fingerprint density at radius 1 is 0.930 bits per heavy atom. The van der Waals surface area contributed by atoms with Gasteiger partial charge in [0.1, 0.15) is 5.01 Å². The van der Waals surface area contributed by atoms with E-state index in [1.54, 1.807) is 24.3 Å². The molecule has 5 aromatic rings. The van der Waals surface area contributed by atoms with Crippen LogP contribution in [-0.4, -0.2) is 52.9 Å². The van der Waals surface area contributed by atoms with E-state index >= 15 is 0 Å². The number of carbonyl (C=O) groups excluding carboxylic acids is 4. The summed E-state index contributed by atoms with van der Waals surface area (Å²) < 4.78 is 11.2. The molecule has 10 nitrogen and oxygen atoms in total. The van der Waals surface area contributed by atoms with Gasteiger partial charge in [-0.05, 0) is 42.0 Å². The smallest absolute Gasteiger partial charge is 0.357 e. The Hall–Kier alpha value is -4.78. The lowest BCUT2D eigenvalue weighted by atomic mass is 10.1.